The second-order valence-electron chi connectivity index (χ2n) is 6.36. The lowest BCUT2D eigenvalue weighted by atomic mass is 9.69. The van der Waals surface area contributed by atoms with Crippen LogP contribution in [0.4, 0.5) is 4.79 Å². The Balaban J connectivity index is 4.22. The van der Waals surface area contributed by atoms with Gasteiger partial charge in [0.05, 0.1) is 6.42 Å². The predicted molar refractivity (Wildman–Crippen MR) is 71.5 cm³/mol. The largest absolute Gasteiger partial charge is 0.481 e. The first kappa shape index (κ1) is 16.7. The van der Waals surface area contributed by atoms with Crippen molar-refractivity contribution in [3.05, 3.63) is 0 Å². The first-order chi connectivity index (χ1) is 7.97. The maximum Gasteiger partial charge on any atom is 0.317 e. The number of carboxylic acids is 1. The number of amides is 2. The normalized spacial score (nSPS) is 12.1. The van der Waals surface area contributed by atoms with Crippen molar-refractivity contribution < 1.29 is 14.7 Å². The topological polar surface area (TPSA) is 69.6 Å². The molecule has 0 bridgehead atoms. The molecule has 0 aromatic carbocycles. The van der Waals surface area contributed by atoms with Crippen LogP contribution in [0.3, 0.4) is 0 Å². The van der Waals surface area contributed by atoms with Crippen LogP contribution in [0.15, 0.2) is 0 Å². The van der Waals surface area contributed by atoms with Gasteiger partial charge in [0, 0.05) is 20.1 Å². The van der Waals surface area contributed by atoms with Gasteiger partial charge in [0.15, 0.2) is 0 Å². The summed E-state index contributed by atoms with van der Waals surface area (Å²) >= 11 is 0. The summed E-state index contributed by atoms with van der Waals surface area (Å²) in [7, 11) is 1.60. The van der Waals surface area contributed by atoms with Crippen LogP contribution in [0.1, 0.15) is 41.0 Å². The maximum absolute atomic E-state index is 11.8. The van der Waals surface area contributed by atoms with Crippen LogP contribution in [0.25, 0.3) is 0 Å². The number of urea groups is 1. The first-order valence-electron chi connectivity index (χ1n) is 6.18. The summed E-state index contributed by atoms with van der Waals surface area (Å²) < 4.78 is 0. The van der Waals surface area contributed by atoms with E-state index in [-0.39, 0.29) is 29.8 Å². The van der Waals surface area contributed by atoms with E-state index in [4.69, 9.17) is 5.11 Å². The fourth-order valence-electron chi connectivity index (χ4n) is 1.06. The van der Waals surface area contributed by atoms with Gasteiger partial charge >= 0.3 is 12.0 Å². The van der Waals surface area contributed by atoms with Crippen LogP contribution in [0, 0.1) is 10.8 Å². The Hall–Kier alpha value is -1.26. The van der Waals surface area contributed by atoms with Crippen molar-refractivity contribution in [3.8, 4) is 0 Å². The quantitative estimate of drug-likeness (QED) is 0.794. The van der Waals surface area contributed by atoms with E-state index in [1.54, 1.807) is 7.05 Å². The van der Waals surface area contributed by atoms with Gasteiger partial charge in [0.1, 0.15) is 0 Å². The van der Waals surface area contributed by atoms with Crippen molar-refractivity contribution in [1.82, 2.24) is 10.2 Å². The lowest BCUT2D eigenvalue weighted by Gasteiger charge is -2.39. The van der Waals surface area contributed by atoms with E-state index in [1.165, 1.54) is 4.90 Å². The summed E-state index contributed by atoms with van der Waals surface area (Å²) in [5, 5.41) is 11.4. The smallest absolute Gasteiger partial charge is 0.317 e. The van der Waals surface area contributed by atoms with Gasteiger partial charge in [-0.25, -0.2) is 4.79 Å². The zero-order chi connectivity index (χ0) is 14.6. The summed E-state index contributed by atoms with van der Waals surface area (Å²) in [4.78, 5) is 23.6. The van der Waals surface area contributed by atoms with E-state index >= 15 is 0 Å². The van der Waals surface area contributed by atoms with Crippen molar-refractivity contribution in [2.75, 3.05) is 20.1 Å². The van der Waals surface area contributed by atoms with Gasteiger partial charge in [-0.05, 0) is 10.8 Å². The molecule has 0 radical (unpaired) electrons. The van der Waals surface area contributed by atoms with Gasteiger partial charge < -0.3 is 15.3 Å². The van der Waals surface area contributed by atoms with Gasteiger partial charge in [-0.3, -0.25) is 4.79 Å². The van der Waals surface area contributed by atoms with E-state index in [1.807, 2.05) is 0 Å². The molecule has 0 aromatic heterocycles. The molecule has 0 saturated heterocycles. The molecule has 0 heterocycles. The summed E-state index contributed by atoms with van der Waals surface area (Å²) in [5.74, 6) is -0.898. The Morgan fingerprint density at radius 1 is 1.17 bits per heavy atom. The number of nitrogens with zero attached hydrogens (tertiary/aromatic N) is 1. The third-order valence-electron chi connectivity index (χ3n) is 3.72. The van der Waals surface area contributed by atoms with Crippen molar-refractivity contribution >= 4 is 12.0 Å². The molecule has 2 N–H and O–H groups in total. The van der Waals surface area contributed by atoms with Crippen LogP contribution in [0.2, 0.25) is 0 Å². The maximum atomic E-state index is 11.8. The number of nitrogens with one attached hydrogen (secondary N) is 1. The molecule has 0 spiro atoms. The second-order valence-corrected chi connectivity index (χ2v) is 6.36. The molecular formula is C13H26N2O3. The third-order valence-corrected chi connectivity index (χ3v) is 3.72. The minimum absolute atomic E-state index is 0.0315. The lowest BCUT2D eigenvalue weighted by Crippen LogP contribution is -2.46. The monoisotopic (exact) mass is 258 g/mol. The van der Waals surface area contributed by atoms with Crippen molar-refractivity contribution in [1.29, 1.82) is 0 Å². The number of carboxylic acid groups (broad SMARTS) is 1. The average Bonchev–Trinajstić information content (AvgIpc) is 2.20. The lowest BCUT2D eigenvalue weighted by molar-refractivity contribution is -0.137. The Kier molecular flexibility index (Phi) is 5.64. The number of hydrogen-bond donors (Lipinski definition) is 2. The summed E-state index contributed by atoms with van der Waals surface area (Å²) in [5.41, 5.74) is 0.0518. The van der Waals surface area contributed by atoms with Gasteiger partial charge in [0.25, 0.3) is 0 Å². The fourth-order valence-corrected chi connectivity index (χ4v) is 1.06. The summed E-state index contributed by atoms with van der Waals surface area (Å²) in [6.07, 6.45) is -0.0351. The Morgan fingerprint density at radius 3 is 2.06 bits per heavy atom. The number of aliphatic carboxylic acids is 1. The van der Waals surface area contributed by atoms with E-state index < -0.39 is 5.97 Å². The number of carbonyl (C=O) groups is 2. The van der Waals surface area contributed by atoms with E-state index in [0.717, 1.165) is 0 Å². The van der Waals surface area contributed by atoms with Crippen LogP contribution in [0.5, 0.6) is 0 Å². The Labute approximate surface area is 110 Å². The zero-order valence-corrected chi connectivity index (χ0v) is 12.3. The number of rotatable bonds is 5. The molecule has 0 unspecified atom stereocenters. The first-order valence-corrected chi connectivity index (χ1v) is 6.18. The van der Waals surface area contributed by atoms with E-state index in [0.29, 0.717) is 6.54 Å². The highest BCUT2D eigenvalue weighted by Crippen LogP contribution is 2.36. The molecule has 5 heteroatoms. The Bertz CT molecular complexity index is 306. The van der Waals surface area contributed by atoms with Gasteiger partial charge in [-0.15, -0.1) is 0 Å². The molecule has 18 heavy (non-hydrogen) atoms. The molecule has 0 saturated carbocycles. The second kappa shape index (κ2) is 6.07. The molecule has 106 valence electrons. The average molecular weight is 258 g/mol. The molecule has 0 rings (SSSR count). The molecule has 0 fully saturated rings. The molecule has 0 aliphatic carbocycles. The van der Waals surface area contributed by atoms with Gasteiger partial charge in [-0.2, -0.15) is 0 Å². The van der Waals surface area contributed by atoms with Gasteiger partial charge in [0.2, 0.25) is 0 Å². The molecule has 0 aromatic rings. The zero-order valence-electron chi connectivity index (χ0n) is 12.3. The minimum Gasteiger partial charge on any atom is -0.481 e. The Morgan fingerprint density at radius 2 is 1.67 bits per heavy atom. The summed E-state index contributed by atoms with van der Waals surface area (Å²) in [6, 6.07) is -0.228. The molecule has 5 nitrogen and oxygen atoms in total. The van der Waals surface area contributed by atoms with Crippen molar-refractivity contribution in [2.45, 2.75) is 41.0 Å². The fraction of sp³-hybridized carbons (Fsp3) is 0.846. The molecule has 0 atom stereocenters. The number of carbonyl (C=O) groups excluding carboxylic acids is 1. The standard InChI is InChI=1S/C13H26N2O3/c1-12(2,3)13(4,5)9-14-11(18)15(6)8-7-10(16)17/h7-9H2,1-6H3,(H,14,18)(H,16,17). The van der Waals surface area contributed by atoms with Crippen LogP contribution >= 0.6 is 0 Å². The van der Waals surface area contributed by atoms with E-state index in [2.05, 4.69) is 39.9 Å². The highest BCUT2D eigenvalue weighted by Gasteiger charge is 2.33. The molecule has 0 aliphatic heterocycles. The van der Waals surface area contributed by atoms with Crippen LogP contribution in [-0.2, 0) is 4.79 Å². The van der Waals surface area contributed by atoms with Crippen molar-refractivity contribution in [2.24, 2.45) is 10.8 Å². The van der Waals surface area contributed by atoms with Crippen LogP contribution in [-0.4, -0.2) is 42.1 Å². The predicted octanol–water partition coefficient (Wildman–Crippen LogP) is 2.17. The van der Waals surface area contributed by atoms with Gasteiger partial charge in [-0.1, -0.05) is 34.6 Å². The molecule has 0 aliphatic rings. The third kappa shape index (κ3) is 5.38. The van der Waals surface area contributed by atoms with Crippen LogP contribution < -0.4 is 5.32 Å². The van der Waals surface area contributed by atoms with E-state index in [9.17, 15) is 9.59 Å². The minimum atomic E-state index is -0.898. The molecular weight excluding hydrogens is 232 g/mol. The SMILES string of the molecule is CN(CCC(=O)O)C(=O)NCC(C)(C)C(C)(C)C. The summed E-state index contributed by atoms with van der Waals surface area (Å²) in [6.45, 7) is 11.4. The highest BCUT2D eigenvalue weighted by molar-refractivity contribution is 5.75. The van der Waals surface area contributed by atoms with Crippen molar-refractivity contribution in [3.63, 3.8) is 0 Å². The number of hydrogen-bond acceptors (Lipinski definition) is 2. The highest BCUT2D eigenvalue weighted by atomic mass is 16.4. The molecule has 2 amide bonds.